The summed E-state index contributed by atoms with van der Waals surface area (Å²) in [5.41, 5.74) is 1.49. The van der Waals surface area contributed by atoms with Crippen molar-refractivity contribution in [2.24, 2.45) is 0 Å². The molecule has 3 heteroatoms. The summed E-state index contributed by atoms with van der Waals surface area (Å²) >= 11 is 3.49. The quantitative estimate of drug-likeness (QED) is 0.811. The van der Waals surface area contributed by atoms with Crippen LogP contribution in [0.1, 0.15) is 12.5 Å². The topological polar surface area (TPSA) is 18.5 Å². The molecule has 1 aliphatic heterocycles. The van der Waals surface area contributed by atoms with Crippen molar-refractivity contribution in [2.45, 2.75) is 12.3 Å². The molecule has 0 unspecified atom stereocenters. The van der Waals surface area contributed by atoms with Crippen molar-refractivity contribution in [1.29, 1.82) is 0 Å². The van der Waals surface area contributed by atoms with E-state index in [9.17, 15) is 0 Å². The third kappa shape index (κ3) is 1.55. The molecule has 0 saturated carbocycles. The number of hydrogen-bond acceptors (Lipinski definition) is 2. The molecular weight excluding hydrogens is 244 g/mol. The van der Waals surface area contributed by atoms with E-state index in [2.05, 4.69) is 35.0 Å². The second-order valence-electron chi connectivity index (χ2n) is 3.90. The van der Waals surface area contributed by atoms with Gasteiger partial charge in [-0.1, -0.05) is 13.0 Å². The maximum atomic E-state index is 5.24. The first-order valence-corrected chi connectivity index (χ1v) is 5.37. The fourth-order valence-corrected chi connectivity index (χ4v) is 2.16. The molecule has 1 aliphatic rings. The maximum Gasteiger partial charge on any atom is 0.133 e. The number of rotatable bonds is 2. The van der Waals surface area contributed by atoms with E-state index in [1.165, 1.54) is 5.56 Å². The number of benzene rings is 1. The van der Waals surface area contributed by atoms with Crippen LogP contribution >= 0.6 is 15.9 Å². The van der Waals surface area contributed by atoms with Gasteiger partial charge in [0.05, 0.1) is 24.8 Å². The van der Waals surface area contributed by atoms with Crippen molar-refractivity contribution in [3.63, 3.8) is 0 Å². The van der Waals surface area contributed by atoms with Gasteiger partial charge in [0.2, 0.25) is 0 Å². The minimum absolute atomic E-state index is 0.189. The highest BCUT2D eigenvalue weighted by Gasteiger charge is 2.35. The van der Waals surface area contributed by atoms with Crippen molar-refractivity contribution in [3.8, 4) is 5.75 Å². The highest BCUT2D eigenvalue weighted by Crippen LogP contribution is 2.35. The molecule has 2 nitrogen and oxygen atoms in total. The Morgan fingerprint density at radius 3 is 2.57 bits per heavy atom. The van der Waals surface area contributed by atoms with Crippen molar-refractivity contribution >= 4 is 15.9 Å². The second kappa shape index (κ2) is 3.55. The maximum absolute atomic E-state index is 5.24. The van der Waals surface area contributed by atoms with Crippen molar-refractivity contribution in [3.05, 3.63) is 28.2 Å². The lowest BCUT2D eigenvalue weighted by atomic mass is 9.81. The van der Waals surface area contributed by atoms with Gasteiger partial charge in [0.15, 0.2) is 0 Å². The summed E-state index contributed by atoms with van der Waals surface area (Å²) in [7, 11) is 1.67. The Balaban J connectivity index is 2.32. The molecule has 14 heavy (non-hydrogen) atoms. The van der Waals surface area contributed by atoms with E-state index in [4.69, 9.17) is 9.47 Å². The predicted molar refractivity (Wildman–Crippen MR) is 58.9 cm³/mol. The summed E-state index contributed by atoms with van der Waals surface area (Å²) in [6, 6.07) is 6.20. The number of ether oxygens (including phenoxy) is 2. The lowest BCUT2D eigenvalue weighted by Crippen LogP contribution is -2.43. The Labute approximate surface area is 92.3 Å². The van der Waals surface area contributed by atoms with Crippen LogP contribution in [0.25, 0.3) is 0 Å². The van der Waals surface area contributed by atoms with Crippen LogP contribution in [0.5, 0.6) is 5.75 Å². The Bertz CT molecular complexity index is 345. The van der Waals surface area contributed by atoms with Crippen molar-refractivity contribution < 1.29 is 9.47 Å². The fourth-order valence-electron chi connectivity index (χ4n) is 1.62. The van der Waals surface area contributed by atoms with Gasteiger partial charge in [-0.15, -0.1) is 0 Å². The Kier molecular flexibility index (Phi) is 2.54. The van der Waals surface area contributed by atoms with Crippen LogP contribution < -0.4 is 4.74 Å². The predicted octanol–water partition coefficient (Wildman–Crippen LogP) is 2.75. The minimum Gasteiger partial charge on any atom is -0.496 e. The fraction of sp³-hybridized carbons (Fsp3) is 0.455. The van der Waals surface area contributed by atoms with E-state index in [-0.39, 0.29) is 5.41 Å². The van der Waals surface area contributed by atoms with E-state index >= 15 is 0 Å². The largest absolute Gasteiger partial charge is 0.496 e. The van der Waals surface area contributed by atoms with Crippen LogP contribution in [-0.4, -0.2) is 20.3 Å². The lowest BCUT2D eigenvalue weighted by molar-refractivity contribution is -0.0500. The van der Waals surface area contributed by atoms with Crippen molar-refractivity contribution in [2.75, 3.05) is 20.3 Å². The smallest absolute Gasteiger partial charge is 0.133 e. The molecule has 1 aromatic carbocycles. The first-order chi connectivity index (χ1) is 6.65. The molecule has 2 rings (SSSR count). The summed E-state index contributed by atoms with van der Waals surface area (Å²) in [6.07, 6.45) is 0. The highest BCUT2D eigenvalue weighted by molar-refractivity contribution is 9.10. The molecule has 0 radical (unpaired) electrons. The Hall–Kier alpha value is -0.540. The molecule has 0 bridgehead atoms. The van der Waals surface area contributed by atoms with Crippen molar-refractivity contribution in [1.82, 2.24) is 0 Å². The van der Waals surface area contributed by atoms with Crippen LogP contribution in [-0.2, 0) is 10.2 Å². The van der Waals surface area contributed by atoms with Gasteiger partial charge in [-0.05, 0) is 33.6 Å². The number of halogens is 1. The standard InChI is InChI=1S/C11H13BrO2/c1-11(6-14-7-11)8-3-4-10(13-2)9(12)5-8/h3-5H,6-7H2,1-2H3. The zero-order valence-electron chi connectivity index (χ0n) is 8.34. The average molecular weight is 257 g/mol. The molecule has 0 amide bonds. The normalized spacial score (nSPS) is 18.8. The van der Waals surface area contributed by atoms with Gasteiger partial charge in [0.1, 0.15) is 5.75 Å². The van der Waals surface area contributed by atoms with Gasteiger partial charge in [-0.2, -0.15) is 0 Å². The number of methoxy groups -OCH3 is 1. The second-order valence-corrected chi connectivity index (χ2v) is 4.76. The zero-order valence-corrected chi connectivity index (χ0v) is 9.93. The van der Waals surface area contributed by atoms with Crippen LogP contribution in [0.3, 0.4) is 0 Å². The molecule has 1 heterocycles. The van der Waals surface area contributed by atoms with Gasteiger partial charge in [-0.3, -0.25) is 0 Å². The van der Waals surface area contributed by atoms with Gasteiger partial charge in [-0.25, -0.2) is 0 Å². The first-order valence-electron chi connectivity index (χ1n) is 4.57. The molecule has 0 atom stereocenters. The van der Waals surface area contributed by atoms with Crippen LogP contribution in [0, 0.1) is 0 Å². The monoisotopic (exact) mass is 256 g/mol. The van der Waals surface area contributed by atoms with E-state index < -0.39 is 0 Å². The van der Waals surface area contributed by atoms with E-state index in [0.717, 1.165) is 23.4 Å². The molecule has 1 saturated heterocycles. The first kappa shape index (κ1) is 9.99. The Morgan fingerprint density at radius 2 is 2.14 bits per heavy atom. The molecule has 1 fully saturated rings. The molecule has 0 N–H and O–H groups in total. The van der Waals surface area contributed by atoms with E-state index in [1.54, 1.807) is 7.11 Å². The number of hydrogen-bond donors (Lipinski definition) is 0. The Morgan fingerprint density at radius 1 is 1.43 bits per heavy atom. The van der Waals surface area contributed by atoms with Gasteiger partial charge >= 0.3 is 0 Å². The van der Waals surface area contributed by atoms with Gasteiger partial charge < -0.3 is 9.47 Å². The average Bonchev–Trinajstić information content (AvgIpc) is 2.14. The summed E-state index contributed by atoms with van der Waals surface area (Å²) in [5.74, 6) is 0.873. The van der Waals surface area contributed by atoms with Crippen LogP contribution in [0.15, 0.2) is 22.7 Å². The summed E-state index contributed by atoms with van der Waals surface area (Å²) in [6.45, 7) is 3.84. The molecule has 76 valence electrons. The molecule has 0 aromatic heterocycles. The van der Waals surface area contributed by atoms with E-state index in [0.29, 0.717) is 0 Å². The summed E-state index contributed by atoms with van der Waals surface area (Å²) < 4.78 is 11.4. The zero-order chi connectivity index (χ0) is 10.2. The van der Waals surface area contributed by atoms with Crippen LogP contribution in [0.4, 0.5) is 0 Å². The summed E-state index contributed by atoms with van der Waals surface area (Å²) in [5, 5.41) is 0. The lowest BCUT2D eigenvalue weighted by Gasteiger charge is -2.38. The molecular formula is C11H13BrO2. The van der Waals surface area contributed by atoms with Gasteiger partial charge in [0.25, 0.3) is 0 Å². The van der Waals surface area contributed by atoms with Crippen LogP contribution in [0.2, 0.25) is 0 Å². The third-order valence-electron chi connectivity index (χ3n) is 2.69. The minimum atomic E-state index is 0.189. The molecule has 0 aliphatic carbocycles. The van der Waals surface area contributed by atoms with Gasteiger partial charge in [0, 0.05) is 5.41 Å². The third-order valence-corrected chi connectivity index (χ3v) is 3.31. The summed E-state index contributed by atoms with van der Waals surface area (Å²) in [4.78, 5) is 0. The SMILES string of the molecule is COc1ccc(C2(C)COC2)cc1Br. The highest BCUT2D eigenvalue weighted by atomic mass is 79.9. The van der Waals surface area contributed by atoms with E-state index in [1.807, 2.05) is 6.07 Å². The molecule has 1 aromatic rings. The molecule has 0 spiro atoms.